The average molecular weight is 583 g/mol. The van der Waals surface area contributed by atoms with Crippen LogP contribution in [0.5, 0.6) is 5.75 Å². The van der Waals surface area contributed by atoms with Gasteiger partial charge in [-0.3, -0.25) is 19.3 Å². The summed E-state index contributed by atoms with van der Waals surface area (Å²) in [5.74, 6) is -1.18. The fourth-order valence-corrected chi connectivity index (χ4v) is 5.06. The molecule has 0 radical (unpaired) electrons. The second-order valence-electron chi connectivity index (χ2n) is 10.1. The van der Waals surface area contributed by atoms with Gasteiger partial charge < -0.3 is 19.9 Å². The number of alkyl halides is 3. The summed E-state index contributed by atoms with van der Waals surface area (Å²) in [6.07, 6.45) is -0.0222. The molecule has 5 rings (SSSR count). The highest BCUT2D eigenvalue weighted by molar-refractivity contribution is 5.97. The molecule has 10 nitrogen and oxygen atoms in total. The third-order valence-electron chi connectivity index (χ3n) is 7.19. The van der Waals surface area contributed by atoms with E-state index in [4.69, 9.17) is 4.74 Å². The topological polar surface area (TPSA) is 108 Å². The van der Waals surface area contributed by atoms with Crippen molar-refractivity contribution < 1.29 is 32.3 Å². The molecule has 0 bridgehead atoms. The predicted molar refractivity (Wildman–Crippen MR) is 144 cm³/mol. The van der Waals surface area contributed by atoms with Crippen LogP contribution in [-0.4, -0.2) is 94.3 Å². The molecule has 0 unspecified atom stereocenters. The molecule has 2 aromatic carbocycles. The van der Waals surface area contributed by atoms with Crippen LogP contribution < -0.4 is 10.1 Å². The van der Waals surface area contributed by atoms with Gasteiger partial charge in [-0.05, 0) is 30.3 Å². The largest absolute Gasteiger partial charge is 0.491 e. The Labute approximate surface area is 240 Å². The molecule has 1 N–H and O–H groups in total. The zero-order valence-electron chi connectivity index (χ0n) is 22.6. The Morgan fingerprint density at radius 3 is 2.52 bits per heavy atom. The Hall–Kier alpha value is -4.52. The van der Waals surface area contributed by atoms with Crippen molar-refractivity contribution in [2.24, 2.45) is 0 Å². The summed E-state index contributed by atoms with van der Waals surface area (Å²) in [5, 5.41) is 2.65. The van der Waals surface area contributed by atoms with E-state index in [-0.39, 0.29) is 62.5 Å². The van der Waals surface area contributed by atoms with Crippen molar-refractivity contribution in [1.82, 2.24) is 30.0 Å². The highest BCUT2D eigenvalue weighted by Gasteiger charge is 2.36. The standard InChI is InChI=1S/C29H29F3N6O4/c30-29(31,32)22-6-7-25-24(12-22)27(40)35-8-9-36(15-20-13-33-19-34-14-20)17-26(39)38-11-10-37(16-23(38)18-42-25)28(41)21-4-2-1-3-5-21/h1-7,12-14,19,23H,8-11,15-18H2,(H,35,40)/t23-/m0/s1. The molecular formula is C29H29F3N6O4. The number of carbonyl (C=O) groups excluding carboxylic acids is 3. The number of benzene rings is 2. The van der Waals surface area contributed by atoms with Gasteiger partial charge in [0.1, 0.15) is 18.7 Å². The van der Waals surface area contributed by atoms with E-state index >= 15 is 0 Å². The molecule has 2 aliphatic heterocycles. The van der Waals surface area contributed by atoms with Crippen molar-refractivity contribution in [2.45, 2.75) is 18.8 Å². The smallest absolute Gasteiger partial charge is 0.416 e. The number of ether oxygens (including phenoxy) is 1. The molecule has 0 saturated carbocycles. The number of amides is 3. The number of carbonyl (C=O) groups is 3. The van der Waals surface area contributed by atoms with Crippen LogP contribution in [0.25, 0.3) is 0 Å². The number of rotatable bonds is 3. The maximum absolute atomic E-state index is 13.6. The molecular weight excluding hydrogens is 553 g/mol. The summed E-state index contributed by atoms with van der Waals surface area (Å²) < 4.78 is 46.4. The SMILES string of the molecule is O=C1NCCN(Cc2cncnc2)CC(=O)N2CCN(C(=O)c3ccccc3)C[C@H]2COc2ccc(C(F)(F)F)cc21. The quantitative estimate of drug-likeness (QED) is 0.506. The van der Waals surface area contributed by atoms with Crippen molar-refractivity contribution in [3.63, 3.8) is 0 Å². The van der Waals surface area contributed by atoms with Crippen molar-refractivity contribution >= 4 is 17.7 Å². The van der Waals surface area contributed by atoms with Crippen LogP contribution >= 0.6 is 0 Å². The number of piperazine rings is 1. The number of nitrogens with one attached hydrogen (secondary N) is 1. The molecule has 220 valence electrons. The fourth-order valence-electron chi connectivity index (χ4n) is 5.06. The average Bonchev–Trinajstić information content (AvgIpc) is 3.00. The molecule has 1 atom stereocenters. The highest BCUT2D eigenvalue weighted by atomic mass is 19.4. The third-order valence-corrected chi connectivity index (χ3v) is 7.19. The van der Waals surface area contributed by atoms with Crippen LogP contribution in [0.4, 0.5) is 13.2 Å². The van der Waals surface area contributed by atoms with Gasteiger partial charge in [0.15, 0.2) is 0 Å². The summed E-state index contributed by atoms with van der Waals surface area (Å²) in [6, 6.07) is 10.9. The van der Waals surface area contributed by atoms with Gasteiger partial charge in [0.25, 0.3) is 11.8 Å². The number of aromatic nitrogens is 2. The molecule has 1 aromatic heterocycles. The molecule has 3 amide bonds. The van der Waals surface area contributed by atoms with E-state index in [9.17, 15) is 27.6 Å². The normalized spacial score (nSPS) is 18.9. The number of hydrogen-bond acceptors (Lipinski definition) is 7. The molecule has 1 fully saturated rings. The lowest BCUT2D eigenvalue weighted by atomic mass is 10.1. The molecule has 42 heavy (non-hydrogen) atoms. The monoisotopic (exact) mass is 582 g/mol. The van der Waals surface area contributed by atoms with Gasteiger partial charge >= 0.3 is 6.18 Å². The van der Waals surface area contributed by atoms with Crippen LogP contribution in [0.1, 0.15) is 31.8 Å². The molecule has 2 aliphatic rings. The summed E-state index contributed by atoms with van der Waals surface area (Å²) in [7, 11) is 0. The maximum Gasteiger partial charge on any atom is 0.416 e. The van der Waals surface area contributed by atoms with E-state index in [2.05, 4.69) is 15.3 Å². The van der Waals surface area contributed by atoms with Crippen molar-refractivity contribution in [3.8, 4) is 5.75 Å². The molecule has 3 aromatic rings. The van der Waals surface area contributed by atoms with Gasteiger partial charge in [0, 0.05) is 62.8 Å². The van der Waals surface area contributed by atoms with Gasteiger partial charge in [-0.15, -0.1) is 0 Å². The second kappa shape index (κ2) is 12.6. The van der Waals surface area contributed by atoms with Gasteiger partial charge in [-0.2, -0.15) is 13.2 Å². The first kappa shape index (κ1) is 29.0. The molecule has 13 heteroatoms. The van der Waals surface area contributed by atoms with Crippen molar-refractivity contribution in [2.75, 3.05) is 45.9 Å². The summed E-state index contributed by atoms with van der Waals surface area (Å²) in [6.45, 7) is 1.16. The molecule has 3 heterocycles. The zero-order chi connectivity index (χ0) is 29.7. The minimum Gasteiger partial charge on any atom is -0.491 e. The van der Waals surface area contributed by atoms with Gasteiger partial charge in [0.05, 0.1) is 23.7 Å². The highest BCUT2D eigenvalue weighted by Crippen LogP contribution is 2.33. The lowest BCUT2D eigenvalue weighted by Crippen LogP contribution is -2.60. The third kappa shape index (κ3) is 6.85. The summed E-state index contributed by atoms with van der Waals surface area (Å²) in [5.41, 5.74) is 0.00201. The van der Waals surface area contributed by atoms with E-state index in [1.54, 1.807) is 46.5 Å². The Morgan fingerprint density at radius 2 is 1.79 bits per heavy atom. The van der Waals surface area contributed by atoms with E-state index in [1.807, 2.05) is 11.0 Å². The minimum absolute atomic E-state index is 0.000926. The van der Waals surface area contributed by atoms with E-state index < -0.39 is 23.7 Å². The summed E-state index contributed by atoms with van der Waals surface area (Å²) >= 11 is 0. The zero-order valence-corrected chi connectivity index (χ0v) is 22.6. The van der Waals surface area contributed by atoms with Crippen molar-refractivity contribution in [1.29, 1.82) is 0 Å². The van der Waals surface area contributed by atoms with Gasteiger partial charge in [-0.1, -0.05) is 18.2 Å². The van der Waals surface area contributed by atoms with Crippen LogP contribution in [0.15, 0.2) is 67.3 Å². The van der Waals surface area contributed by atoms with Crippen LogP contribution in [-0.2, 0) is 17.5 Å². The number of fused-ring (bicyclic) bond motifs is 2. The minimum atomic E-state index is -4.66. The maximum atomic E-state index is 13.6. The number of halogens is 3. The molecule has 1 saturated heterocycles. The number of nitrogens with zero attached hydrogens (tertiary/aromatic N) is 5. The summed E-state index contributed by atoms with van der Waals surface area (Å²) in [4.78, 5) is 53.0. The van der Waals surface area contributed by atoms with Gasteiger partial charge in [-0.25, -0.2) is 9.97 Å². The van der Waals surface area contributed by atoms with Gasteiger partial charge in [0.2, 0.25) is 5.91 Å². The number of hydrogen-bond donors (Lipinski definition) is 1. The Kier molecular flexibility index (Phi) is 8.67. The van der Waals surface area contributed by atoms with E-state index in [0.29, 0.717) is 18.7 Å². The van der Waals surface area contributed by atoms with Crippen molar-refractivity contribution in [3.05, 3.63) is 89.5 Å². The van der Waals surface area contributed by atoms with Crippen LogP contribution in [0, 0.1) is 0 Å². The van der Waals surface area contributed by atoms with Crippen LogP contribution in [0.2, 0.25) is 0 Å². The first-order chi connectivity index (χ1) is 20.2. The predicted octanol–water partition coefficient (Wildman–Crippen LogP) is 2.47. The van der Waals surface area contributed by atoms with Crippen LogP contribution in [0.3, 0.4) is 0 Å². The lowest BCUT2D eigenvalue weighted by Gasteiger charge is -2.42. The Morgan fingerprint density at radius 1 is 1.02 bits per heavy atom. The molecule has 0 aliphatic carbocycles. The lowest BCUT2D eigenvalue weighted by molar-refractivity contribution is -0.138. The Bertz CT molecular complexity index is 1420. The van der Waals surface area contributed by atoms with E-state index in [0.717, 1.165) is 23.8 Å². The first-order valence-electron chi connectivity index (χ1n) is 13.4. The first-order valence-corrected chi connectivity index (χ1v) is 13.4. The Balaban J connectivity index is 1.45. The van der Waals surface area contributed by atoms with E-state index in [1.165, 1.54) is 6.33 Å². The fraction of sp³-hybridized carbons (Fsp3) is 0.345. The molecule has 0 spiro atoms. The second-order valence-corrected chi connectivity index (χ2v) is 10.1.